The molecule has 3 aromatic heterocycles. The molecule has 9 heterocycles. The summed E-state index contributed by atoms with van der Waals surface area (Å²) in [6.45, 7) is -0.103. The van der Waals surface area contributed by atoms with E-state index >= 15 is 0 Å². The first-order valence-electron chi connectivity index (χ1n) is 49.6. The van der Waals surface area contributed by atoms with Gasteiger partial charge in [0.05, 0.1) is 32.6 Å². The van der Waals surface area contributed by atoms with E-state index in [-0.39, 0.29) is 123 Å². The first kappa shape index (κ1) is 103. The first-order chi connectivity index (χ1) is 71.3. The Morgan fingerprint density at radius 3 is 0.741 bits per heavy atom. The smallest absolute Gasteiger partial charge is 0.320 e. The summed E-state index contributed by atoms with van der Waals surface area (Å²) in [7, 11) is 0. The van der Waals surface area contributed by atoms with Crippen LogP contribution in [-0.4, -0.2) is 249 Å². The molecule has 0 bridgehead atoms. The predicted octanol–water partition coefficient (Wildman–Crippen LogP) is 4.58. The van der Waals surface area contributed by atoms with Gasteiger partial charge >= 0.3 is 17.9 Å². The molecule has 15 atom stereocenters. The minimum Gasteiger partial charge on any atom is -0.460 e. The number of nitrogens with zero attached hydrogens (tertiary/aromatic N) is 3. The van der Waals surface area contributed by atoms with E-state index in [2.05, 4.69) is 62.8 Å². The van der Waals surface area contributed by atoms with Crippen LogP contribution in [0, 0.1) is 0 Å². The molecule has 0 saturated carbocycles. The minimum absolute atomic E-state index is 0.00879. The highest BCUT2D eigenvalue weighted by atomic mass is 16.6. The predicted molar refractivity (Wildman–Crippen MR) is 545 cm³/mol. The van der Waals surface area contributed by atoms with Gasteiger partial charge in [-0.2, -0.15) is 0 Å². The Hall–Kier alpha value is -16.5. The number of H-pyrrole nitrogens is 3. The van der Waals surface area contributed by atoms with Crippen molar-refractivity contribution in [1.29, 1.82) is 0 Å². The van der Waals surface area contributed by atoms with Gasteiger partial charge in [0.25, 0.3) is 0 Å². The molecule has 0 unspecified atom stereocenters. The highest BCUT2D eigenvalue weighted by Crippen LogP contribution is 2.32. The Morgan fingerprint density at radius 1 is 0.259 bits per heavy atom. The molecule has 36 nitrogen and oxygen atoms in total. The average molecular weight is 1990 g/mol. The number of hydrogen-bond donors (Lipinski definition) is 15. The molecule has 18 N–H and O–H groups in total. The molecule has 0 aliphatic carbocycles. The summed E-state index contributed by atoms with van der Waals surface area (Å²) in [6.07, 6.45) is 4.95. The van der Waals surface area contributed by atoms with Gasteiger partial charge in [0, 0.05) is 141 Å². The summed E-state index contributed by atoms with van der Waals surface area (Å²) in [5, 5.41) is 28.8. The zero-order valence-electron chi connectivity index (χ0n) is 80.9. The molecule has 0 radical (unpaired) electrons. The normalized spacial score (nSPS) is 23.1. The van der Waals surface area contributed by atoms with E-state index in [1.165, 1.54) is 14.7 Å². The maximum absolute atomic E-state index is 14.5. The average Bonchev–Trinajstić information content (AvgIpc) is 1.67. The molecule has 6 aliphatic heterocycles. The molecule has 147 heavy (non-hydrogen) atoms. The topological polar surface area (TPSA) is 527 Å². The fourth-order valence-electron chi connectivity index (χ4n) is 19.8. The highest BCUT2D eigenvalue weighted by Gasteiger charge is 2.50. The van der Waals surface area contributed by atoms with E-state index in [0.29, 0.717) is 13.0 Å². The molecule has 9 aromatic carbocycles. The van der Waals surface area contributed by atoms with Crippen molar-refractivity contribution in [1.82, 2.24) is 77.5 Å². The zero-order chi connectivity index (χ0) is 103. The molecule has 36 heteroatoms. The van der Waals surface area contributed by atoms with E-state index in [1.807, 2.05) is 255 Å². The Balaban J connectivity index is 0.000000158. The van der Waals surface area contributed by atoms with Crippen molar-refractivity contribution in [3.8, 4) is 0 Å². The van der Waals surface area contributed by atoms with E-state index in [4.69, 9.17) is 31.4 Å². The van der Waals surface area contributed by atoms with Crippen LogP contribution in [0.3, 0.4) is 0 Å². The zero-order valence-corrected chi connectivity index (χ0v) is 80.9. The monoisotopic (exact) mass is 1990 g/mol. The number of amides is 12. The summed E-state index contributed by atoms with van der Waals surface area (Å²) >= 11 is 0. The molecule has 6 fully saturated rings. The number of aromatic nitrogens is 3. The molecule has 6 saturated heterocycles. The molecule has 6 aliphatic rings. The number of nitrogens with one attached hydrogen (secondary N) is 12. The number of fused-ring (bicyclic) bond motifs is 6. The van der Waals surface area contributed by atoms with Crippen molar-refractivity contribution >= 4 is 122 Å². The van der Waals surface area contributed by atoms with Crippen LogP contribution in [0.2, 0.25) is 0 Å². The van der Waals surface area contributed by atoms with Gasteiger partial charge in [-0.15, -0.1) is 0 Å². The number of ether oxygens (including phenoxy) is 3. The quantitative estimate of drug-likeness (QED) is 0.0247. The fourth-order valence-corrected chi connectivity index (χ4v) is 19.8. The number of para-hydroxylation sites is 3. The van der Waals surface area contributed by atoms with Crippen molar-refractivity contribution < 1.29 is 86.1 Å². The fraction of sp³-hybridized carbons (Fsp3) is 0.324. The number of benzene rings is 9. The summed E-state index contributed by atoms with van der Waals surface area (Å²) < 4.78 is 16.8. The number of rotatable bonds is 27. The third kappa shape index (κ3) is 26.8. The second kappa shape index (κ2) is 49.2. The van der Waals surface area contributed by atoms with E-state index < -0.39 is 180 Å². The second-order valence-electron chi connectivity index (χ2n) is 37.6. The second-order valence-corrected chi connectivity index (χ2v) is 37.6. The molecule has 12 aromatic rings. The lowest BCUT2D eigenvalue weighted by molar-refractivity contribution is -0.150. The third-order valence-corrected chi connectivity index (χ3v) is 27.2. The van der Waals surface area contributed by atoms with Gasteiger partial charge in [0.1, 0.15) is 90.8 Å². The lowest BCUT2D eigenvalue weighted by atomic mass is 9.99. The molecule has 12 amide bonds. The van der Waals surface area contributed by atoms with Crippen LogP contribution in [0.25, 0.3) is 32.7 Å². The molecule has 762 valence electrons. The van der Waals surface area contributed by atoms with Crippen molar-refractivity contribution in [3.63, 3.8) is 0 Å². The van der Waals surface area contributed by atoms with Gasteiger partial charge in [-0.1, -0.05) is 237 Å². The Kier molecular flexibility index (Phi) is 34.6. The Morgan fingerprint density at radius 2 is 0.483 bits per heavy atom. The van der Waals surface area contributed by atoms with Crippen LogP contribution in [0.1, 0.15) is 88.6 Å². The number of nitrogens with two attached hydrogens (primary N) is 3. The van der Waals surface area contributed by atoms with Gasteiger partial charge in [-0.25, -0.2) is 0 Å². The maximum Gasteiger partial charge on any atom is 0.320 e. The van der Waals surface area contributed by atoms with Gasteiger partial charge in [-0.3, -0.25) is 71.9 Å². The van der Waals surface area contributed by atoms with E-state index in [0.717, 1.165) is 82.8 Å². The first-order valence-corrected chi connectivity index (χ1v) is 49.6. The summed E-state index contributed by atoms with van der Waals surface area (Å²) in [4.78, 5) is 221. The number of carbonyl (C=O) groups excluding carboxylic acids is 15. The van der Waals surface area contributed by atoms with Crippen LogP contribution >= 0.6 is 0 Å². The van der Waals surface area contributed by atoms with Crippen LogP contribution in [0.15, 0.2) is 273 Å². The largest absolute Gasteiger partial charge is 0.460 e. The van der Waals surface area contributed by atoms with Gasteiger partial charge < -0.3 is 109 Å². The van der Waals surface area contributed by atoms with Crippen molar-refractivity contribution in [2.75, 3.05) is 39.3 Å². The Labute approximate surface area is 847 Å². The van der Waals surface area contributed by atoms with Crippen LogP contribution in [0.5, 0.6) is 0 Å². The SMILES string of the molecule is NCC(=O)O[C@@H]1C[C@@H]2C(=O)N[C@@H](Cc3ccccc3)C(=O)N[C@H](Cc3c[nH]c4ccccc34)C(=O)N[C@@H](Cc3ccccc3)C(=O)N2C1.NCCC(=O)O[C@@H]1C[C@@H]2C(=O)N[C@@H](Cc3ccccc3)C(=O)N[C@H](Cc3c[nH]c4ccccc34)C(=O)N[C@@H](Cc3ccccc3)C(=O)N2C1.NCCCC(=O)O[C@@H]1C[C@@H]2C(=O)N[C@@H](Cc3ccccc3)C(=O)N[C@H](Cc3c[nH]c4ccccc34)C(=O)N[C@@H](Cc3ccccc3)C(=O)N2C1. The highest BCUT2D eigenvalue weighted by molar-refractivity contribution is 6.03. The molecular weight excluding hydrogens is 1870 g/mol. The standard InChI is InChI=1S/C38H42N6O6.C37H40N6O6.C36H38N6O6/c39-17-9-16-34(45)50-27-21-33-37(48)42-30(18-24-10-3-1-4-11-24)35(46)41-31(20-26-22-40-29-15-8-7-14-28(26)29)36(47)43-32(38(49)44(33)23-27)19-25-12-5-2-6-13-25;38-16-15-33(44)49-26-20-32-36(47)41-29(17-23-9-3-1-4-10-23)34(45)40-30(19-25-21-39-28-14-8-7-13-27(25)28)35(46)42-31(37(48)43(32)22-26)18-24-11-5-2-6-12-24;37-19-32(43)48-25-18-31-35(46)40-28(15-22-9-3-1-4-10-22)33(44)39-29(17-24-20-38-27-14-8-7-13-26(24)27)34(45)41-30(36(47)42(31)21-25)16-23-11-5-2-6-12-23/h1-8,10-15,22,27,30-33,40H,9,16-21,23,39H2,(H,41,46)(H,42,48)(H,43,47);1-14,21,26,29-32,39H,15-20,22,38H2,(H,40,45)(H,41,47)(H,42,46);1-14,20,25,28-31,38H,15-19,21,37H2,(H,39,44)(H,40,46)(H,41,45)/t27-,30+,31-,32+,33-;26-,29+,30-,31+,32-;25-,28+,29-,30+,31-/m111/s1. The van der Waals surface area contributed by atoms with Crippen LogP contribution in [0.4, 0.5) is 0 Å². The number of hydrogen-bond acceptors (Lipinski definition) is 21. The third-order valence-electron chi connectivity index (χ3n) is 27.2. The van der Waals surface area contributed by atoms with Gasteiger partial charge in [0.2, 0.25) is 70.9 Å². The van der Waals surface area contributed by atoms with Crippen LogP contribution < -0.4 is 65.1 Å². The van der Waals surface area contributed by atoms with Gasteiger partial charge in [0.15, 0.2) is 0 Å². The lowest BCUT2D eigenvalue weighted by Gasteiger charge is -2.32. The van der Waals surface area contributed by atoms with Gasteiger partial charge in [-0.05, 0) is 81.2 Å². The number of esters is 3. The van der Waals surface area contributed by atoms with Crippen molar-refractivity contribution in [2.24, 2.45) is 17.2 Å². The summed E-state index contributed by atoms with van der Waals surface area (Å²) in [5.74, 6) is -8.07. The molecule has 18 rings (SSSR count). The summed E-state index contributed by atoms with van der Waals surface area (Å²) in [5.41, 5.74) is 26.4. The minimum atomic E-state index is -1.08. The lowest BCUT2D eigenvalue weighted by Crippen LogP contribution is -2.62. The van der Waals surface area contributed by atoms with Crippen LogP contribution in [-0.2, 0) is 144 Å². The Bertz CT molecular complexity index is 6700. The molecule has 0 spiro atoms. The van der Waals surface area contributed by atoms with Crippen molar-refractivity contribution in [2.45, 2.75) is 187 Å². The number of carbonyl (C=O) groups is 15. The molecular formula is C111H120N18O18. The van der Waals surface area contributed by atoms with E-state index in [1.54, 1.807) is 18.6 Å². The van der Waals surface area contributed by atoms with E-state index in [9.17, 15) is 71.9 Å². The summed E-state index contributed by atoms with van der Waals surface area (Å²) in [6, 6.07) is 65.4. The number of aromatic amines is 3. The maximum atomic E-state index is 14.5. The van der Waals surface area contributed by atoms with Crippen molar-refractivity contribution in [3.05, 3.63) is 323 Å².